The monoisotopic (exact) mass is 405 g/mol. The molecular formula is C19H23N3O5S. The predicted octanol–water partition coefficient (Wildman–Crippen LogP) is 1.66. The van der Waals surface area contributed by atoms with Gasteiger partial charge in [-0.25, -0.2) is 8.42 Å². The normalized spacial score (nSPS) is 29.4. The summed E-state index contributed by atoms with van der Waals surface area (Å²) >= 11 is 0. The first-order valence-corrected chi connectivity index (χ1v) is 10.9. The van der Waals surface area contributed by atoms with Crippen LogP contribution in [0.2, 0.25) is 0 Å². The van der Waals surface area contributed by atoms with Crippen molar-refractivity contribution in [2.24, 2.45) is 7.05 Å². The second-order valence-electron chi connectivity index (χ2n) is 7.95. The molecular weight excluding hydrogens is 382 g/mol. The molecule has 0 radical (unpaired) electrons. The maximum atomic E-state index is 13.3. The van der Waals surface area contributed by atoms with E-state index < -0.39 is 15.6 Å². The largest absolute Gasteiger partial charge is 0.454 e. The van der Waals surface area contributed by atoms with E-state index in [9.17, 15) is 13.5 Å². The number of sulfonamides is 1. The Balaban J connectivity index is 1.47. The van der Waals surface area contributed by atoms with Crippen molar-refractivity contribution >= 4 is 10.0 Å². The van der Waals surface area contributed by atoms with E-state index in [1.54, 1.807) is 29.0 Å². The summed E-state index contributed by atoms with van der Waals surface area (Å²) in [4.78, 5) is 0.250. The van der Waals surface area contributed by atoms with Gasteiger partial charge in [-0.05, 0) is 50.3 Å². The Bertz CT molecular complexity index is 1030. The molecule has 0 spiro atoms. The number of aromatic nitrogens is 2. The summed E-state index contributed by atoms with van der Waals surface area (Å²) in [5.74, 6) is 1.29. The van der Waals surface area contributed by atoms with Crippen molar-refractivity contribution in [1.29, 1.82) is 0 Å². The number of hydrogen-bond donors (Lipinski definition) is 1. The van der Waals surface area contributed by atoms with Crippen LogP contribution in [0.15, 0.2) is 29.3 Å². The molecule has 2 bridgehead atoms. The molecule has 9 heteroatoms. The second kappa shape index (κ2) is 5.95. The number of fused-ring (bicyclic) bond motifs is 3. The quantitative estimate of drug-likeness (QED) is 0.835. The van der Waals surface area contributed by atoms with Crippen molar-refractivity contribution in [2.75, 3.05) is 6.79 Å². The Kier molecular flexibility index (Phi) is 3.82. The molecule has 1 aromatic heterocycles. The number of aryl methyl sites for hydroxylation is 1. The summed E-state index contributed by atoms with van der Waals surface area (Å²) < 4.78 is 40.7. The summed E-state index contributed by atoms with van der Waals surface area (Å²) in [6.45, 7) is 1.94. The molecule has 1 N–H and O–H groups in total. The fourth-order valence-corrected chi connectivity index (χ4v) is 6.90. The van der Waals surface area contributed by atoms with Crippen molar-refractivity contribution in [3.8, 4) is 11.5 Å². The molecule has 8 nitrogen and oxygen atoms in total. The van der Waals surface area contributed by atoms with Crippen LogP contribution in [0.25, 0.3) is 0 Å². The lowest BCUT2D eigenvalue weighted by Gasteiger charge is -2.43. The van der Waals surface area contributed by atoms with Crippen LogP contribution in [0.3, 0.4) is 0 Å². The first-order chi connectivity index (χ1) is 13.3. The third-order valence-corrected chi connectivity index (χ3v) is 8.46. The molecule has 4 heterocycles. The summed E-state index contributed by atoms with van der Waals surface area (Å²) in [5.41, 5.74) is 0.294. The molecule has 0 amide bonds. The lowest BCUT2D eigenvalue weighted by molar-refractivity contribution is -0.0341. The number of aliphatic hydroxyl groups is 1. The average molecular weight is 405 g/mol. The van der Waals surface area contributed by atoms with Crippen LogP contribution in [0.1, 0.15) is 36.9 Å². The van der Waals surface area contributed by atoms with Gasteiger partial charge in [-0.3, -0.25) is 4.68 Å². The van der Waals surface area contributed by atoms with Gasteiger partial charge >= 0.3 is 0 Å². The summed E-state index contributed by atoms with van der Waals surface area (Å²) in [5, 5.41) is 15.5. The Morgan fingerprint density at radius 1 is 1.18 bits per heavy atom. The van der Waals surface area contributed by atoms with E-state index in [0.29, 0.717) is 30.0 Å². The molecule has 1 aromatic carbocycles. The minimum absolute atomic E-state index is 0.180. The van der Waals surface area contributed by atoms with Gasteiger partial charge in [0.05, 0.1) is 17.5 Å². The van der Waals surface area contributed by atoms with E-state index in [1.165, 1.54) is 6.20 Å². The van der Waals surface area contributed by atoms with Gasteiger partial charge in [0.15, 0.2) is 11.5 Å². The SMILES string of the molecule is Cc1c(S(=O)(=O)N2C3CCC2CC(O)(c2ccc4c(c2)OCO4)C3)cnn1C. The molecule has 0 aliphatic carbocycles. The molecule has 2 unspecified atom stereocenters. The third-order valence-electron chi connectivity index (χ3n) is 6.36. The highest BCUT2D eigenvalue weighted by Crippen LogP contribution is 2.49. The highest BCUT2D eigenvalue weighted by atomic mass is 32.2. The fraction of sp³-hybridized carbons (Fsp3) is 0.526. The summed E-state index contributed by atoms with van der Waals surface area (Å²) in [6, 6.07) is 5.00. The molecule has 2 aromatic rings. The number of ether oxygens (including phenoxy) is 2. The number of benzene rings is 1. The van der Waals surface area contributed by atoms with Gasteiger partial charge in [0.2, 0.25) is 16.8 Å². The minimum Gasteiger partial charge on any atom is -0.454 e. The van der Waals surface area contributed by atoms with Gasteiger partial charge in [-0.2, -0.15) is 9.40 Å². The van der Waals surface area contributed by atoms with E-state index in [1.807, 2.05) is 12.1 Å². The third kappa shape index (κ3) is 2.49. The Morgan fingerprint density at radius 3 is 2.50 bits per heavy atom. The Labute approximate surface area is 163 Å². The van der Waals surface area contributed by atoms with E-state index in [0.717, 1.165) is 18.4 Å². The fourth-order valence-electron chi connectivity index (χ4n) is 4.84. The van der Waals surface area contributed by atoms with E-state index in [-0.39, 0.29) is 23.8 Å². The second-order valence-corrected chi connectivity index (χ2v) is 9.76. The van der Waals surface area contributed by atoms with Crippen molar-refractivity contribution in [3.05, 3.63) is 35.7 Å². The minimum atomic E-state index is -3.66. The van der Waals surface area contributed by atoms with Gasteiger partial charge in [0.1, 0.15) is 4.90 Å². The zero-order chi connectivity index (χ0) is 19.7. The van der Waals surface area contributed by atoms with Crippen LogP contribution < -0.4 is 9.47 Å². The van der Waals surface area contributed by atoms with Crippen LogP contribution in [0, 0.1) is 6.92 Å². The molecule has 5 rings (SSSR count). The standard InChI is InChI=1S/C19H23N3O5S/c1-12-18(10-20-21(12)2)28(24,25)22-14-4-5-15(22)9-19(23,8-14)13-3-6-16-17(7-13)27-11-26-16/h3,6-7,10,14-15,23H,4-5,8-9,11H2,1-2H3. The van der Waals surface area contributed by atoms with E-state index in [4.69, 9.17) is 9.47 Å². The van der Waals surface area contributed by atoms with Crippen LogP contribution >= 0.6 is 0 Å². The smallest absolute Gasteiger partial charge is 0.246 e. The first-order valence-electron chi connectivity index (χ1n) is 9.44. The molecule has 2 fully saturated rings. The molecule has 2 saturated heterocycles. The maximum Gasteiger partial charge on any atom is 0.246 e. The van der Waals surface area contributed by atoms with E-state index >= 15 is 0 Å². The number of nitrogens with zero attached hydrogens (tertiary/aromatic N) is 3. The van der Waals surface area contributed by atoms with Crippen LogP contribution in [0.4, 0.5) is 0 Å². The average Bonchev–Trinajstić information content (AvgIpc) is 3.33. The van der Waals surface area contributed by atoms with E-state index in [2.05, 4.69) is 5.10 Å². The maximum absolute atomic E-state index is 13.3. The number of rotatable bonds is 3. The molecule has 2 atom stereocenters. The lowest BCUT2D eigenvalue weighted by atomic mass is 9.81. The number of hydrogen-bond acceptors (Lipinski definition) is 6. The van der Waals surface area contributed by atoms with Gasteiger partial charge < -0.3 is 14.6 Å². The summed E-state index contributed by atoms with van der Waals surface area (Å²) in [7, 11) is -1.92. The molecule has 3 aliphatic rings. The molecule has 150 valence electrons. The zero-order valence-electron chi connectivity index (χ0n) is 15.8. The highest BCUT2D eigenvalue weighted by Gasteiger charge is 2.53. The van der Waals surface area contributed by atoms with Gasteiger partial charge in [0, 0.05) is 19.1 Å². The van der Waals surface area contributed by atoms with Crippen molar-refractivity contribution in [1.82, 2.24) is 14.1 Å². The van der Waals surface area contributed by atoms with Crippen LogP contribution in [-0.4, -0.2) is 46.5 Å². The molecule has 0 saturated carbocycles. The van der Waals surface area contributed by atoms with Crippen molar-refractivity contribution in [3.63, 3.8) is 0 Å². The zero-order valence-corrected chi connectivity index (χ0v) is 16.6. The topological polar surface area (TPSA) is 93.9 Å². The summed E-state index contributed by atoms with van der Waals surface area (Å²) in [6.07, 6.45) is 3.64. The molecule has 3 aliphatic heterocycles. The van der Waals surface area contributed by atoms with Gasteiger partial charge in [-0.15, -0.1) is 0 Å². The predicted molar refractivity (Wildman–Crippen MR) is 99.5 cm³/mol. The highest BCUT2D eigenvalue weighted by molar-refractivity contribution is 7.89. The van der Waals surface area contributed by atoms with Gasteiger partial charge in [0.25, 0.3) is 0 Å². The molecule has 28 heavy (non-hydrogen) atoms. The Hall–Kier alpha value is -2.10. The van der Waals surface area contributed by atoms with Gasteiger partial charge in [-0.1, -0.05) is 6.07 Å². The van der Waals surface area contributed by atoms with Crippen LogP contribution in [-0.2, 0) is 22.7 Å². The van der Waals surface area contributed by atoms with Crippen molar-refractivity contribution < 1.29 is 23.0 Å². The van der Waals surface area contributed by atoms with Crippen molar-refractivity contribution in [2.45, 2.75) is 55.2 Å². The van der Waals surface area contributed by atoms with Crippen LogP contribution in [0.5, 0.6) is 11.5 Å². The Morgan fingerprint density at radius 2 is 1.86 bits per heavy atom. The number of piperidine rings is 1. The first kappa shape index (κ1) is 18.0. The lowest BCUT2D eigenvalue weighted by Crippen LogP contribution is -2.51.